The van der Waals surface area contributed by atoms with E-state index < -0.39 is 0 Å². The average molecular weight is 412 g/mol. The number of amides is 3. The van der Waals surface area contributed by atoms with E-state index in [9.17, 15) is 9.59 Å². The molecule has 1 spiro atoms. The number of carbonyl (C=O) groups excluding carboxylic acids is 2. The molecular weight excluding hydrogens is 386 g/mol. The summed E-state index contributed by atoms with van der Waals surface area (Å²) in [5.41, 5.74) is 2.36. The van der Waals surface area contributed by atoms with E-state index in [0.717, 1.165) is 36.8 Å². The highest BCUT2D eigenvalue weighted by molar-refractivity contribution is 6.30. The van der Waals surface area contributed by atoms with Crippen molar-refractivity contribution in [2.45, 2.75) is 50.7 Å². The Morgan fingerprint density at radius 1 is 0.862 bits per heavy atom. The maximum Gasteiger partial charge on any atom is 0.315 e. The number of carbonyl (C=O) groups is 2. The Hall–Kier alpha value is -2.53. The van der Waals surface area contributed by atoms with Gasteiger partial charge in [0, 0.05) is 23.7 Å². The van der Waals surface area contributed by atoms with E-state index >= 15 is 0 Å². The van der Waals surface area contributed by atoms with E-state index in [1.807, 2.05) is 54.6 Å². The van der Waals surface area contributed by atoms with Crippen molar-refractivity contribution in [2.24, 2.45) is 5.41 Å². The van der Waals surface area contributed by atoms with Crippen molar-refractivity contribution < 1.29 is 9.59 Å². The van der Waals surface area contributed by atoms with Gasteiger partial charge in [0.15, 0.2) is 0 Å². The third-order valence-electron chi connectivity index (χ3n) is 5.99. The largest absolute Gasteiger partial charge is 0.353 e. The second kappa shape index (κ2) is 8.46. The van der Waals surface area contributed by atoms with E-state index in [-0.39, 0.29) is 24.0 Å². The molecule has 5 nitrogen and oxygen atoms in total. The summed E-state index contributed by atoms with van der Waals surface area (Å²) in [5, 5.41) is 9.76. The molecule has 152 valence electrons. The van der Waals surface area contributed by atoms with Crippen molar-refractivity contribution in [1.29, 1.82) is 0 Å². The molecular formula is C23H26ClN3O2. The van der Waals surface area contributed by atoms with E-state index in [1.165, 1.54) is 0 Å². The van der Waals surface area contributed by atoms with Crippen LogP contribution in [0.15, 0.2) is 54.6 Å². The van der Waals surface area contributed by atoms with Crippen molar-refractivity contribution in [1.82, 2.24) is 16.0 Å². The van der Waals surface area contributed by atoms with Gasteiger partial charge >= 0.3 is 6.03 Å². The fraction of sp³-hybridized carbons (Fsp3) is 0.391. The van der Waals surface area contributed by atoms with Crippen molar-refractivity contribution in [3.05, 3.63) is 70.7 Å². The number of rotatable bonds is 6. The molecule has 0 aliphatic heterocycles. The van der Waals surface area contributed by atoms with Gasteiger partial charge < -0.3 is 16.0 Å². The van der Waals surface area contributed by atoms with Crippen LogP contribution in [0.5, 0.6) is 0 Å². The van der Waals surface area contributed by atoms with Crippen LogP contribution in [0.1, 0.15) is 36.8 Å². The summed E-state index contributed by atoms with van der Waals surface area (Å²) in [4.78, 5) is 24.2. The Morgan fingerprint density at radius 2 is 1.48 bits per heavy atom. The van der Waals surface area contributed by atoms with Gasteiger partial charge in [-0.25, -0.2) is 4.79 Å². The van der Waals surface area contributed by atoms with Gasteiger partial charge in [-0.3, -0.25) is 4.79 Å². The topological polar surface area (TPSA) is 70.2 Å². The quantitative estimate of drug-likeness (QED) is 0.676. The number of urea groups is 1. The summed E-state index contributed by atoms with van der Waals surface area (Å²) in [6, 6.07) is 17.6. The predicted octanol–water partition coefficient (Wildman–Crippen LogP) is 3.81. The van der Waals surface area contributed by atoms with Crippen molar-refractivity contribution >= 4 is 23.5 Å². The zero-order valence-electron chi connectivity index (χ0n) is 16.3. The summed E-state index contributed by atoms with van der Waals surface area (Å²) < 4.78 is 0. The van der Waals surface area contributed by atoms with Crippen LogP contribution in [0.3, 0.4) is 0 Å². The van der Waals surface area contributed by atoms with Crippen LogP contribution in [0, 0.1) is 5.41 Å². The lowest BCUT2D eigenvalue weighted by atomic mass is 9.52. The summed E-state index contributed by atoms with van der Waals surface area (Å²) in [6.07, 6.45) is 4.44. The Kier molecular flexibility index (Phi) is 5.76. The zero-order valence-corrected chi connectivity index (χ0v) is 17.0. The van der Waals surface area contributed by atoms with Crippen molar-refractivity contribution in [3.63, 3.8) is 0 Å². The Balaban J connectivity index is 1.11. The third kappa shape index (κ3) is 5.10. The van der Waals surface area contributed by atoms with Crippen LogP contribution in [0.2, 0.25) is 5.02 Å². The molecule has 2 fully saturated rings. The van der Waals surface area contributed by atoms with Crippen molar-refractivity contribution in [2.75, 3.05) is 0 Å². The Labute approximate surface area is 176 Å². The standard InChI is InChI=1S/C23H26ClN3O2/c24-18-8-6-17(7-9-18)15-25-22(29)27-20-13-23(14-20)11-19(12-23)26-21(28)10-16-4-2-1-3-5-16/h1-9,19-20H,10-15H2,(H,26,28)(H2,25,27,29). The summed E-state index contributed by atoms with van der Waals surface area (Å²) >= 11 is 5.87. The van der Waals surface area contributed by atoms with E-state index in [2.05, 4.69) is 16.0 Å². The van der Waals surface area contributed by atoms with Crippen LogP contribution >= 0.6 is 11.6 Å². The number of nitrogens with one attached hydrogen (secondary N) is 3. The summed E-state index contributed by atoms with van der Waals surface area (Å²) in [7, 11) is 0. The normalized spacial score (nSPS) is 24.9. The zero-order chi connectivity index (χ0) is 20.3. The number of benzene rings is 2. The lowest BCUT2D eigenvalue weighted by Crippen LogP contribution is -2.62. The second-order valence-corrected chi connectivity index (χ2v) is 8.83. The van der Waals surface area contributed by atoms with Gasteiger partial charge in [-0.05, 0) is 54.4 Å². The highest BCUT2D eigenvalue weighted by Crippen LogP contribution is 2.55. The highest BCUT2D eigenvalue weighted by Gasteiger charge is 2.53. The number of halogens is 1. The number of hydrogen-bond acceptors (Lipinski definition) is 2. The number of hydrogen-bond donors (Lipinski definition) is 3. The molecule has 0 unspecified atom stereocenters. The van der Waals surface area contributed by atoms with Gasteiger partial charge in [0.1, 0.15) is 0 Å². The maximum absolute atomic E-state index is 12.2. The molecule has 0 aromatic heterocycles. The molecule has 6 heteroatoms. The van der Waals surface area contributed by atoms with Crippen LogP contribution in [0.25, 0.3) is 0 Å². The minimum Gasteiger partial charge on any atom is -0.353 e. The summed E-state index contributed by atoms with van der Waals surface area (Å²) in [6.45, 7) is 0.483. The first-order valence-corrected chi connectivity index (χ1v) is 10.5. The molecule has 3 amide bonds. The molecule has 0 atom stereocenters. The lowest BCUT2D eigenvalue weighted by Gasteiger charge is -2.57. The molecule has 4 rings (SSSR count). The molecule has 0 radical (unpaired) electrons. The first kappa shape index (κ1) is 19.8. The molecule has 2 aliphatic carbocycles. The minimum atomic E-state index is -0.133. The van der Waals surface area contributed by atoms with Gasteiger partial charge in [0.05, 0.1) is 6.42 Å². The molecule has 2 aromatic rings. The minimum absolute atomic E-state index is 0.0895. The Morgan fingerprint density at radius 3 is 2.14 bits per heavy atom. The van der Waals surface area contributed by atoms with Crippen LogP contribution in [-0.2, 0) is 17.8 Å². The van der Waals surface area contributed by atoms with Crippen LogP contribution in [0.4, 0.5) is 4.79 Å². The molecule has 0 heterocycles. The smallest absolute Gasteiger partial charge is 0.315 e. The average Bonchev–Trinajstić information content (AvgIpc) is 2.65. The van der Waals surface area contributed by atoms with E-state index in [0.29, 0.717) is 23.4 Å². The monoisotopic (exact) mass is 411 g/mol. The molecule has 2 saturated carbocycles. The first-order chi connectivity index (χ1) is 14.0. The molecule has 2 aromatic carbocycles. The first-order valence-electron chi connectivity index (χ1n) is 10.1. The SMILES string of the molecule is O=C(Cc1ccccc1)NC1CC2(C1)CC(NC(=O)NCc1ccc(Cl)cc1)C2. The van der Waals surface area contributed by atoms with Gasteiger partial charge in [-0.1, -0.05) is 54.1 Å². The third-order valence-corrected chi connectivity index (χ3v) is 6.24. The van der Waals surface area contributed by atoms with Gasteiger partial charge in [0.25, 0.3) is 0 Å². The van der Waals surface area contributed by atoms with Gasteiger partial charge in [-0.2, -0.15) is 0 Å². The molecule has 29 heavy (non-hydrogen) atoms. The van der Waals surface area contributed by atoms with E-state index in [4.69, 9.17) is 11.6 Å². The van der Waals surface area contributed by atoms with Crippen LogP contribution in [-0.4, -0.2) is 24.0 Å². The van der Waals surface area contributed by atoms with Gasteiger partial charge in [-0.15, -0.1) is 0 Å². The maximum atomic E-state index is 12.2. The lowest BCUT2D eigenvalue weighted by molar-refractivity contribution is -0.124. The van der Waals surface area contributed by atoms with Crippen LogP contribution < -0.4 is 16.0 Å². The van der Waals surface area contributed by atoms with Gasteiger partial charge in [0.2, 0.25) is 5.91 Å². The van der Waals surface area contributed by atoms with Crippen molar-refractivity contribution in [3.8, 4) is 0 Å². The fourth-order valence-electron chi connectivity index (χ4n) is 4.59. The molecule has 0 saturated heterocycles. The van der Waals surface area contributed by atoms with E-state index in [1.54, 1.807) is 0 Å². The summed E-state index contributed by atoms with van der Waals surface area (Å²) in [5.74, 6) is 0.0895. The Bertz CT molecular complexity index is 855. The fourth-order valence-corrected chi connectivity index (χ4v) is 4.72. The molecule has 3 N–H and O–H groups in total. The second-order valence-electron chi connectivity index (χ2n) is 8.39. The molecule has 2 aliphatic rings. The molecule has 0 bridgehead atoms. The predicted molar refractivity (Wildman–Crippen MR) is 114 cm³/mol. The highest BCUT2D eigenvalue weighted by atomic mass is 35.5.